The van der Waals surface area contributed by atoms with Crippen LogP contribution in [0.4, 0.5) is 4.79 Å². The van der Waals surface area contributed by atoms with Crippen molar-refractivity contribution < 1.29 is 19.0 Å². The number of thiophene rings is 1. The summed E-state index contributed by atoms with van der Waals surface area (Å²) in [5.41, 5.74) is 2.08. The number of benzene rings is 1. The summed E-state index contributed by atoms with van der Waals surface area (Å²) >= 11 is 1.65. The van der Waals surface area contributed by atoms with Crippen molar-refractivity contribution in [2.45, 2.75) is 31.4 Å². The standard InChI is InChI=1S/C21H26N2O4S/c1-25-18-12-15-5-10-27-21(17(15)13-19(18)26-2)6-8-23(9-7-21)20(24)22-14-16-4-3-11-28-16/h3-4,11-13H,5-10,14H2,1-2H3,(H,22,24). The molecule has 6 nitrogen and oxygen atoms in total. The van der Waals surface area contributed by atoms with Crippen LogP contribution in [0.25, 0.3) is 0 Å². The number of piperidine rings is 1. The Morgan fingerprint density at radius 1 is 1.25 bits per heavy atom. The molecule has 4 rings (SSSR count). The van der Waals surface area contributed by atoms with Gasteiger partial charge in [-0.25, -0.2) is 4.79 Å². The molecule has 1 aromatic heterocycles. The fourth-order valence-electron chi connectivity index (χ4n) is 4.16. The number of rotatable bonds is 4. The van der Waals surface area contributed by atoms with Crippen LogP contribution >= 0.6 is 11.3 Å². The van der Waals surface area contributed by atoms with E-state index in [4.69, 9.17) is 14.2 Å². The molecule has 1 aromatic carbocycles. The monoisotopic (exact) mass is 402 g/mol. The first-order valence-corrected chi connectivity index (χ1v) is 10.5. The number of carbonyl (C=O) groups is 1. The molecule has 28 heavy (non-hydrogen) atoms. The van der Waals surface area contributed by atoms with Gasteiger partial charge in [0.2, 0.25) is 0 Å². The number of likely N-dealkylation sites (tertiary alicyclic amines) is 1. The van der Waals surface area contributed by atoms with Crippen molar-refractivity contribution in [3.05, 3.63) is 45.6 Å². The molecule has 7 heteroatoms. The van der Waals surface area contributed by atoms with E-state index in [0.29, 0.717) is 26.2 Å². The van der Waals surface area contributed by atoms with E-state index < -0.39 is 0 Å². The molecule has 2 amide bonds. The average molecular weight is 403 g/mol. The Labute approximate surface area is 169 Å². The van der Waals surface area contributed by atoms with E-state index in [1.165, 1.54) is 11.1 Å². The van der Waals surface area contributed by atoms with Gasteiger partial charge >= 0.3 is 6.03 Å². The van der Waals surface area contributed by atoms with Crippen molar-refractivity contribution in [3.8, 4) is 11.5 Å². The summed E-state index contributed by atoms with van der Waals surface area (Å²) in [6.07, 6.45) is 2.42. The molecule has 3 heterocycles. The SMILES string of the molecule is COc1cc2c(cc1OC)C1(CCN(C(=O)NCc3cccs3)CC1)OCC2. The first-order chi connectivity index (χ1) is 13.6. The molecular formula is C21H26N2O4S. The van der Waals surface area contributed by atoms with Crippen LogP contribution in [-0.2, 0) is 23.3 Å². The normalized spacial score (nSPS) is 17.9. The van der Waals surface area contributed by atoms with Gasteiger partial charge < -0.3 is 24.4 Å². The second kappa shape index (κ2) is 8.01. The van der Waals surface area contributed by atoms with Crippen LogP contribution < -0.4 is 14.8 Å². The first kappa shape index (κ1) is 19.1. The fraction of sp³-hybridized carbons (Fsp3) is 0.476. The van der Waals surface area contributed by atoms with Gasteiger partial charge in [-0.1, -0.05) is 6.07 Å². The number of nitrogens with one attached hydrogen (secondary N) is 1. The van der Waals surface area contributed by atoms with Crippen LogP contribution in [0.1, 0.15) is 28.8 Å². The van der Waals surface area contributed by atoms with Crippen molar-refractivity contribution in [3.63, 3.8) is 0 Å². The molecule has 0 aliphatic carbocycles. The molecule has 0 saturated carbocycles. The minimum absolute atomic E-state index is 0.00778. The van der Waals surface area contributed by atoms with E-state index >= 15 is 0 Å². The molecule has 1 spiro atoms. The molecule has 2 aliphatic heterocycles. The van der Waals surface area contributed by atoms with Gasteiger partial charge in [0.1, 0.15) is 0 Å². The number of ether oxygens (including phenoxy) is 3. The zero-order chi connectivity index (χ0) is 19.6. The highest BCUT2D eigenvalue weighted by Gasteiger charge is 2.42. The van der Waals surface area contributed by atoms with Crippen LogP contribution in [0, 0.1) is 0 Å². The second-order valence-corrected chi connectivity index (χ2v) is 8.21. The summed E-state index contributed by atoms with van der Waals surface area (Å²) in [5, 5.41) is 5.04. The van der Waals surface area contributed by atoms with E-state index in [-0.39, 0.29) is 11.6 Å². The molecule has 0 unspecified atom stereocenters. The maximum atomic E-state index is 12.5. The van der Waals surface area contributed by atoms with E-state index in [2.05, 4.69) is 17.4 Å². The summed E-state index contributed by atoms with van der Waals surface area (Å²) in [6, 6.07) is 8.15. The van der Waals surface area contributed by atoms with Gasteiger partial charge in [-0.05, 0) is 54.0 Å². The molecule has 2 aromatic rings. The largest absolute Gasteiger partial charge is 0.493 e. The van der Waals surface area contributed by atoms with Gasteiger partial charge in [-0.2, -0.15) is 0 Å². The minimum Gasteiger partial charge on any atom is -0.493 e. The molecule has 1 fully saturated rings. The van der Waals surface area contributed by atoms with Gasteiger partial charge in [0.15, 0.2) is 11.5 Å². The topological polar surface area (TPSA) is 60.0 Å². The number of carbonyl (C=O) groups excluding carboxylic acids is 1. The van der Waals surface area contributed by atoms with Crippen molar-refractivity contribution in [2.24, 2.45) is 0 Å². The molecule has 2 aliphatic rings. The number of amides is 2. The lowest BCUT2D eigenvalue weighted by molar-refractivity contribution is -0.0927. The fourth-order valence-corrected chi connectivity index (χ4v) is 4.80. The molecule has 0 bridgehead atoms. The Morgan fingerprint density at radius 3 is 2.68 bits per heavy atom. The van der Waals surface area contributed by atoms with E-state index in [1.54, 1.807) is 25.6 Å². The number of hydrogen-bond acceptors (Lipinski definition) is 5. The zero-order valence-electron chi connectivity index (χ0n) is 16.3. The Kier molecular flexibility index (Phi) is 5.46. The van der Waals surface area contributed by atoms with Gasteiger partial charge in [-0.3, -0.25) is 0 Å². The number of urea groups is 1. The van der Waals surface area contributed by atoms with E-state index in [0.717, 1.165) is 35.6 Å². The van der Waals surface area contributed by atoms with Crippen molar-refractivity contribution in [1.29, 1.82) is 0 Å². The minimum atomic E-state index is -0.350. The summed E-state index contributed by atoms with van der Waals surface area (Å²) in [7, 11) is 3.31. The van der Waals surface area contributed by atoms with Crippen molar-refractivity contribution >= 4 is 17.4 Å². The lowest BCUT2D eigenvalue weighted by atomic mass is 9.79. The highest BCUT2D eigenvalue weighted by Crippen LogP contribution is 2.45. The third-order valence-corrected chi connectivity index (χ3v) is 6.58. The third-order valence-electron chi connectivity index (χ3n) is 5.70. The molecule has 1 saturated heterocycles. The number of fused-ring (bicyclic) bond motifs is 2. The molecule has 150 valence electrons. The quantitative estimate of drug-likeness (QED) is 0.850. The summed E-state index contributed by atoms with van der Waals surface area (Å²) in [4.78, 5) is 15.6. The number of nitrogens with zero attached hydrogens (tertiary/aromatic N) is 1. The summed E-state index contributed by atoms with van der Waals surface area (Å²) in [6.45, 7) is 2.61. The number of methoxy groups -OCH3 is 2. The molecule has 1 N–H and O–H groups in total. The van der Waals surface area contributed by atoms with Gasteiger partial charge in [0.05, 0.1) is 33.0 Å². The lowest BCUT2D eigenvalue weighted by Gasteiger charge is -2.45. The Balaban J connectivity index is 1.46. The van der Waals surface area contributed by atoms with E-state index in [9.17, 15) is 4.79 Å². The second-order valence-electron chi connectivity index (χ2n) is 7.18. The van der Waals surface area contributed by atoms with Crippen LogP contribution in [0.5, 0.6) is 11.5 Å². The lowest BCUT2D eigenvalue weighted by Crippen LogP contribution is -2.50. The predicted octanol–water partition coefficient (Wildman–Crippen LogP) is 3.54. The van der Waals surface area contributed by atoms with Crippen LogP contribution in [0.2, 0.25) is 0 Å². The van der Waals surface area contributed by atoms with Crippen molar-refractivity contribution in [2.75, 3.05) is 33.9 Å². The Bertz CT molecular complexity index is 829. The van der Waals surface area contributed by atoms with Crippen LogP contribution in [0.3, 0.4) is 0 Å². The maximum Gasteiger partial charge on any atom is 0.317 e. The highest BCUT2D eigenvalue weighted by molar-refractivity contribution is 7.09. The molecular weight excluding hydrogens is 376 g/mol. The van der Waals surface area contributed by atoms with Crippen LogP contribution in [-0.4, -0.2) is 44.8 Å². The van der Waals surface area contributed by atoms with Gasteiger partial charge in [-0.15, -0.1) is 11.3 Å². The third kappa shape index (κ3) is 3.56. The van der Waals surface area contributed by atoms with Gasteiger partial charge in [0.25, 0.3) is 0 Å². The van der Waals surface area contributed by atoms with Gasteiger partial charge in [0, 0.05) is 18.0 Å². The summed E-state index contributed by atoms with van der Waals surface area (Å²) in [5.74, 6) is 1.48. The maximum absolute atomic E-state index is 12.5. The highest BCUT2D eigenvalue weighted by atomic mass is 32.1. The molecule has 0 atom stereocenters. The smallest absolute Gasteiger partial charge is 0.317 e. The number of hydrogen-bond donors (Lipinski definition) is 1. The Hall–Kier alpha value is -2.25. The summed E-state index contributed by atoms with van der Waals surface area (Å²) < 4.78 is 17.3. The van der Waals surface area contributed by atoms with Crippen LogP contribution in [0.15, 0.2) is 29.6 Å². The first-order valence-electron chi connectivity index (χ1n) is 9.60. The predicted molar refractivity (Wildman–Crippen MR) is 108 cm³/mol. The molecule has 0 radical (unpaired) electrons. The zero-order valence-corrected chi connectivity index (χ0v) is 17.1. The van der Waals surface area contributed by atoms with E-state index in [1.807, 2.05) is 22.4 Å². The van der Waals surface area contributed by atoms with Crippen molar-refractivity contribution in [1.82, 2.24) is 10.2 Å². The Morgan fingerprint density at radius 2 is 2.00 bits per heavy atom. The average Bonchev–Trinajstić information content (AvgIpc) is 3.25.